The number of halogens is 1. The number of thiophene rings is 2. The Kier molecular flexibility index (Phi) is 4.05. The van der Waals surface area contributed by atoms with Crippen LogP contribution in [0.25, 0.3) is 11.3 Å². The second-order valence-corrected chi connectivity index (χ2v) is 6.91. The van der Waals surface area contributed by atoms with Gasteiger partial charge in [0.25, 0.3) is 5.91 Å². The lowest BCUT2D eigenvalue weighted by Crippen LogP contribution is -2.21. The summed E-state index contributed by atoms with van der Waals surface area (Å²) in [5.74, 6) is 0.801. The van der Waals surface area contributed by atoms with Gasteiger partial charge in [0.2, 0.25) is 0 Å². The molecule has 0 bridgehead atoms. The van der Waals surface area contributed by atoms with E-state index in [1.807, 2.05) is 35.0 Å². The maximum absolute atomic E-state index is 11.9. The van der Waals surface area contributed by atoms with Crippen molar-refractivity contribution < 1.29 is 9.21 Å². The minimum Gasteiger partial charge on any atom is -0.464 e. The van der Waals surface area contributed by atoms with Gasteiger partial charge in [-0.25, -0.2) is 0 Å². The third-order valence-corrected chi connectivity index (χ3v) is 5.30. The summed E-state index contributed by atoms with van der Waals surface area (Å²) < 4.78 is 6.28. The van der Waals surface area contributed by atoms with Crippen LogP contribution in [0.1, 0.15) is 14.5 Å². The molecule has 6 heteroatoms. The highest BCUT2D eigenvalue weighted by molar-refractivity contribution is 9.10. The molecule has 0 aliphatic carbocycles. The number of carbonyl (C=O) groups excluding carboxylic acids is 1. The van der Waals surface area contributed by atoms with Crippen LogP contribution in [0.15, 0.2) is 50.2 Å². The molecule has 0 aliphatic rings. The molecule has 0 radical (unpaired) electrons. The van der Waals surface area contributed by atoms with Gasteiger partial charge in [-0.1, -0.05) is 0 Å². The number of furan rings is 1. The molecule has 1 amide bonds. The van der Waals surface area contributed by atoms with E-state index in [-0.39, 0.29) is 5.91 Å². The summed E-state index contributed by atoms with van der Waals surface area (Å²) in [4.78, 5) is 13.7. The lowest BCUT2D eigenvalue weighted by molar-refractivity contribution is 0.0955. The quantitative estimate of drug-likeness (QED) is 0.721. The smallest absolute Gasteiger partial charge is 0.261 e. The van der Waals surface area contributed by atoms with Crippen LogP contribution in [0.2, 0.25) is 0 Å². The molecule has 0 unspecified atom stereocenters. The molecule has 0 fully saturated rings. The summed E-state index contributed by atoms with van der Waals surface area (Å²) in [6, 6.07) is 7.65. The van der Waals surface area contributed by atoms with Gasteiger partial charge in [-0.05, 0) is 40.2 Å². The molecule has 3 nitrogen and oxygen atoms in total. The van der Waals surface area contributed by atoms with Crippen molar-refractivity contribution in [1.82, 2.24) is 5.32 Å². The van der Waals surface area contributed by atoms with E-state index >= 15 is 0 Å². The first-order valence-electron chi connectivity index (χ1n) is 5.86. The molecule has 0 atom stereocenters. The van der Waals surface area contributed by atoms with Crippen LogP contribution in [-0.4, -0.2) is 5.91 Å². The molecular weight excluding hydrogens is 358 g/mol. The fraction of sp³-hybridized carbons (Fsp3) is 0.0714. The van der Waals surface area contributed by atoms with Gasteiger partial charge in [0, 0.05) is 25.7 Å². The van der Waals surface area contributed by atoms with Gasteiger partial charge in [0.15, 0.2) is 0 Å². The summed E-state index contributed by atoms with van der Waals surface area (Å²) in [5.41, 5.74) is 1.04. The Morgan fingerprint density at radius 2 is 2.20 bits per heavy atom. The van der Waals surface area contributed by atoms with Crippen LogP contribution >= 0.6 is 38.6 Å². The number of carbonyl (C=O) groups is 1. The molecule has 0 saturated heterocycles. The summed E-state index contributed by atoms with van der Waals surface area (Å²) in [7, 11) is 0. The average molecular weight is 368 g/mol. The highest BCUT2D eigenvalue weighted by atomic mass is 79.9. The number of amides is 1. The molecular formula is C14H10BrNO2S2. The normalized spacial score (nSPS) is 10.7. The Balaban J connectivity index is 1.63. The van der Waals surface area contributed by atoms with Gasteiger partial charge in [-0.15, -0.1) is 22.7 Å². The van der Waals surface area contributed by atoms with Crippen molar-refractivity contribution in [2.24, 2.45) is 0 Å². The summed E-state index contributed by atoms with van der Waals surface area (Å²) in [6.45, 7) is 0.528. The van der Waals surface area contributed by atoms with Crippen molar-refractivity contribution in [3.63, 3.8) is 0 Å². The number of nitrogens with one attached hydrogen (secondary N) is 1. The van der Waals surface area contributed by atoms with E-state index in [0.717, 1.165) is 20.7 Å². The maximum atomic E-state index is 11.9. The maximum Gasteiger partial charge on any atom is 0.261 e. The van der Waals surface area contributed by atoms with Crippen LogP contribution in [0.5, 0.6) is 0 Å². The first-order chi connectivity index (χ1) is 9.72. The fourth-order valence-electron chi connectivity index (χ4n) is 1.73. The fourth-order valence-corrected chi connectivity index (χ4v) is 3.89. The van der Waals surface area contributed by atoms with E-state index in [9.17, 15) is 4.79 Å². The highest BCUT2D eigenvalue weighted by Gasteiger charge is 2.09. The molecule has 102 valence electrons. The predicted molar refractivity (Wildman–Crippen MR) is 85.2 cm³/mol. The van der Waals surface area contributed by atoms with Crippen molar-refractivity contribution in [3.8, 4) is 11.3 Å². The molecule has 3 heterocycles. The van der Waals surface area contributed by atoms with Gasteiger partial charge >= 0.3 is 0 Å². The summed E-state index contributed by atoms with van der Waals surface area (Å²) in [5, 5.41) is 6.85. The highest BCUT2D eigenvalue weighted by Crippen LogP contribution is 2.26. The number of hydrogen-bond donors (Lipinski definition) is 1. The molecule has 3 aromatic heterocycles. The Morgan fingerprint density at radius 1 is 1.30 bits per heavy atom. The zero-order chi connectivity index (χ0) is 13.9. The van der Waals surface area contributed by atoms with E-state index < -0.39 is 0 Å². The van der Waals surface area contributed by atoms with Crippen molar-refractivity contribution in [3.05, 3.63) is 55.5 Å². The molecule has 1 N–H and O–H groups in total. The third kappa shape index (κ3) is 3.03. The van der Waals surface area contributed by atoms with Gasteiger partial charge in [0.05, 0.1) is 17.7 Å². The molecule has 0 spiro atoms. The van der Waals surface area contributed by atoms with E-state index in [1.54, 1.807) is 17.6 Å². The third-order valence-electron chi connectivity index (χ3n) is 2.67. The van der Waals surface area contributed by atoms with Crippen LogP contribution in [0.4, 0.5) is 0 Å². The molecule has 3 aromatic rings. The van der Waals surface area contributed by atoms with Crippen LogP contribution in [-0.2, 0) is 6.54 Å². The molecule has 0 saturated carbocycles. The van der Waals surface area contributed by atoms with Gasteiger partial charge < -0.3 is 9.73 Å². The van der Waals surface area contributed by atoms with Crippen LogP contribution in [0.3, 0.4) is 0 Å². The van der Waals surface area contributed by atoms with Gasteiger partial charge in [-0.2, -0.15) is 0 Å². The monoisotopic (exact) mass is 367 g/mol. The number of hydrogen-bond acceptors (Lipinski definition) is 4. The van der Waals surface area contributed by atoms with E-state index in [4.69, 9.17) is 4.42 Å². The van der Waals surface area contributed by atoms with E-state index in [1.165, 1.54) is 11.3 Å². The van der Waals surface area contributed by atoms with Crippen molar-refractivity contribution in [2.75, 3.05) is 0 Å². The van der Waals surface area contributed by atoms with Crippen LogP contribution < -0.4 is 5.32 Å². The topological polar surface area (TPSA) is 42.2 Å². The Labute approximate surface area is 132 Å². The van der Waals surface area contributed by atoms with Crippen molar-refractivity contribution in [2.45, 2.75) is 6.54 Å². The average Bonchev–Trinajstić information content (AvgIpc) is 3.16. The molecule has 3 rings (SSSR count). The first kappa shape index (κ1) is 13.6. The minimum atomic E-state index is -0.0475. The molecule has 20 heavy (non-hydrogen) atoms. The molecule has 0 aliphatic heterocycles. The zero-order valence-corrected chi connectivity index (χ0v) is 13.5. The zero-order valence-electron chi connectivity index (χ0n) is 10.3. The largest absolute Gasteiger partial charge is 0.464 e. The Hall–Kier alpha value is -1.37. The minimum absolute atomic E-state index is 0.0475. The van der Waals surface area contributed by atoms with E-state index in [2.05, 4.69) is 21.2 Å². The van der Waals surface area contributed by atoms with Crippen molar-refractivity contribution >= 4 is 44.5 Å². The summed E-state index contributed by atoms with van der Waals surface area (Å²) >= 11 is 6.38. The second-order valence-electron chi connectivity index (χ2n) is 4.09. The summed E-state index contributed by atoms with van der Waals surface area (Å²) in [6.07, 6.45) is 1.66. The van der Waals surface area contributed by atoms with Crippen LogP contribution in [0, 0.1) is 0 Å². The lowest BCUT2D eigenvalue weighted by atomic mass is 10.2. The first-order valence-corrected chi connectivity index (χ1v) is 8.41. The Bertz CT molecular complexity index is 715. The van der Waals surface area contributed by atoms with Gasteiger partial charge in [-0.3, -0.25) is 4.79 Å². The van der Waals surface area contributed by atoms with Gasteiger partial charge in [0.1, 0.15) is 5.76 Å². The second kappa shape index (κ2) is 5.95. The lowest BCUT2D eigenvalue weighted by Gasteiger charge is -2.00. The predicted octanol–water partition coefficient (Wildman–Crippen LogP) is 4.76. The molecule has 0 aromatic carbocycles. The van der Waals surface area contributed by atoms with Crippen molar-refractivity contribution in [1.29, 1.82) is 0 Å². The van der Waals surface area contributed by atoms with E-state index in [0.29, 0.717) is 11.4 Å². The standard InChI is InChI=1S/C14H10BrNO2S2/c15-10-5-13(20-8-10)14(17)16-6-11-4-9(7-19-11)12-2-1-3-18-12/h1-5,7-8H,6H2,(H,16,17). The number of rotatable bonds is 4. The SMILES string of the molecule is O=C(NCc1cc(-c2ccco2)cs1)c1cc(Br)cs1. The Morgan fingerprint density at radius 3 is 2.90 bits per heavy atom.